The molecular formula is C16H19NOS2. The van der Waals surface area contributed by atoms with Gasteiger partial charge in [0, 0.05) is 16.5 Å². The van der Waals surface area contributed by atoms with Crippen LogP contribution < -0.4 is 4.74 Å². The Morgan fingerprint density at radius 1 is 1.35 bits per heavy atom. The second-order valence-electron chi connectivity index (χ2n) is 5.41. The normalized spacial score (nSPS) is 14.6. The van der Waals surface area contributed by atoms with E-state index in [2.05, 4.69) is 38.6 Å². The fraction of sp³-hybridized carbons (Fsp3) is 0.438. The number of hydrogen-bond acceptors (Lipinski definition) is 4. The van der Waals surface area contributed by atoms with Crippen LogP contribution in [0.4, 0.5) is 0 Å². The van der Waals surface area contributed by atoms with Crippen LogP contribution in [-0.4, -0.2) is 4.98 Å². The predicted molar refractivity (Wildman–Crippen MR) is 87.0 cm³/mol. The van der Waals surface area contributed by atoms with Gasteiger partial charge < -0.3 is 4.74 Å². The summed E-state index contributed by atoms with van der Waals surface area (Å²) in [6.45, 7) is 4.74. The lowest BCUT2D eigenvalue weighted by Gasteiger charge is -2.08. The number of thiol groups is 1. The van der Waals surface area contributed by atoms with Crippen molar-refractivity contribution < 1.29 is 4.74 Å². The molecule has 3 rings (SSSR count). The molecule has 1 fully saturated rings. The van der Waals surface area contributed by atoms with E-state index in [0.717, 1.165) is 16.5 Å². The van der Waals surface area contributed by atoms with Crippen molar-refractivity contribution in [2.24, 2.45) is 0 Å². The molecule has 2 nitrogen and oxygen atoms in total. The van der Waals surface area contributed by atoms with Crippen LogP contribution in [0, 0.1) is 13.8 Å². The van der Waals surface area contributed by atoms with Gasteiger partial charge in [0.2, 0.25) is 0 Å². The topological polar surface area (TPSA) is 22.1 Å². The summed E-state index contributed by atoms with van der Waals surface area (Å²) in [5.74, 6) is 2.42. The number of hydrogen-bond donors (Lipinski definition) is 1. The van der Waals surface area contributed by atoms with E-state index in [-0.39, 0.29) is 0 Å². The fourth-order valence-electron chi connectivity index (χ4n) is 2.37. The van der Waals surface area contributed by atoms with Crippen molar-refractivity contribution in [1.82, 2.24) is 4.98 Å². The molecule has 0 saturated heterocycles. The van der Waals surface area contributed by atoms with Gasteiger partial charge in [0.1, 0.15) is 17.4 Å². The zero-order chi connectivity index (χ0) is 14.1. The molecule has 2 aromatic rings. The Bertz CT molecular complexity index is 617. The van der Waals surface area contributed by atoms with Crippen molar-refractivity contribution in [3.05, 3.63) is 44.9 Å². The van der Waals surface area contributed by atoms with Crippen molar-refractivity contribution in [2.45, 2.75) is 45.0 Å². The number of benzene rings is 1. The minimum Gasteiger partial charge on any atom is -0.486 e. The monoisotopic (exact) mass is 305 g/mol. The van der Waals surface area contributed by atoms with Crippen molar-refractivity contribution in [1.29, 1.82) is 0 Å². The molecular weight excluding hydrogens is 286 g/mol. The van der Waals surface area contributed by atoms with Crippen LogP contribution in [0.5, 0.6) is 5.75 Å². The smallest absolute Gasteiger partial charge is 0.140 e. The van der Waals surface area contributed by atoms with Gasteiger partial charge in [-0.3, -0.25) is 0 Å². The zero-order valence-electron chi connectivity index (χ0n) is 11.8. The summed E-state index contributed by atoms with van der Waals surface area (Å²) in [5.41, 5.74) is 3.71. The number of nitrogens with zero attached hydrogens (tertiary/aromatic N) is 1. The molecule has 0 radical (unpaired) electrons. The Labute approximate surface area is 129 Å². The van der Waals surface area contributed by atoms with Gasteiger partial charge in [-0.15, -0.1) is 11.3 Å². The lowest BCUT2D eigenvalue weighted by atomic mass is 10.1. The highest BCUT2D eigenvalue weighted by Crippen LogP contribution is 2.43. The highest BCUT2D eigenvalue weighted by Gasteiger charge is 2.29. The maximum atomic E-state index is 5.91. The quantitative estimate of drug-likeness (QED) is 0.813. The van der Waals surface area contributed by atoms with Crippen molar-refractivity contribution in [3.8, 4) is 5.75 Å². The molecule has 0 N–H and O–H groups in total. The number of rotatable bonds is 5. The fourth-order valence-corrected chi connectivity index (χ4v) is 3.65. The van der Waals surface area contributed by atoms with Gasteiger partial charge >= 0.3 is 0 Å². The highest BCUT2D eigenvalue weighted by molar-refractivity contribution is 7.79. The minimum atomic E-state index is 0.558. The summed E-state index contributed by atoms with van der Waals surface area (Å²) in [7, 11) is 0. The minimum absolute atomic E-state index is 0.558. The largest absolute Gasteiger partial charge is 0.486 e. The third-order valence-corrected chi connectivity index (χ3v) is 5.14. The average Bonchev–Trinajstić information content (AvgIpc) is 3.18. The van der Waals surface area contributed by atoms with Gasteiger partial charge in [-0.25, -0.2) is 4.98 Å². The number of aryl methyl sites for hydroxylation is 2. The Morgan fingerprint density at radius 2 is 2.15 bits per heavy atom. The molecule has 106 valence electrons. The molecule has 1 aliphatic carbocycles. The van der Waals surface area contributed by atoms with E-state index in [0.29, 0.717) is 12.5 Å². The van der Waals surface area contributed by atoms with E-state index in [1.807, 2.05) is 6.07 Å². The van der Waals surface area contributed by atoms with Gasteiger partial charge in [0.05, 0.1) is 5.69 Å². The van der Waals surface area contributed by atoms with Gasteiger partial charge in [0.25, 0.3) is 0 Å². The Balaban J connectivity index is 1.71. The zero-order valence-corrected chi connectivity index (χ0v) is 13.6. The third kappa shape index (κ3) is 3.01. The van der Waals surface area contributed by atoms with Crippen LogP contribution in [-0.2, 0) is 12.4 Å². The van der Waals surface area contributed by atoms with E-state index < -0.39 is 0 Å². The maximum Gasteiger partial charge on any atom is 0.140 e. The Hall–Kier alpha value is -1.00. The molecule has 1 aromatic heterocycles. The van der Waals surface area contributed by atoms with Crippen molar-refractivity contribution >= 4 is 24.0 Å². The molecule has 4 heteroatoms. The van der Waals surface area contributed by atoms with Crippen molar-refractivity contribution in [3.63, 3.8) is 0 Å². The molecule has 1 aromatic carbocycles. The first-order valence-corrected chi connectivity index (χ1v) is 8.41. The lowest BCUT2D eigenvalue weighted by Crippen LogP contribution is -1.97. The summed E-state index contributed by atoms with van der Waals surface area (Å²) in [5, 5.41) is 1.07. The van der Waals surface area contributed by atoms with Crippen LogP contribution in [0.25, 0.3) is 0 Å². The van der Waals surface area contributed by atoms with Crippen LogP contribution in [0.3, 0.4) is 0 Å². The SMILES string of the molecule is Cc1ccc(OCc2nc(C3CC3)c(CS)s2)c(C)c1. The average molecular weight is 305 g/mol. The number of ether oxygens (including phenoxy) is 1. The summed E-state index contributed by atoms with van der Waals surface area (Å²) in [6, 6.07) is 6.27. The molecule has 0 spiro atoms. The van der Waals surface area contributed by atoms with E-state index in [1.165, 1.54) is 34.5 Å². The molecule has 1 heterocycles. The van der Waals surface area contributed by atoms with Gasteiger partial charge in [0.15, 0.2) is 0 Å². The predicted octanol–water partition coefficient (Wildman–Crippen LogP) is 4.65. The molecule has 0 amide bonds. The van der Waals surface area contributed by atoms with Gasteiger partial charge in [-0.05, 0) is 38.3 Å². The van der Waals surface area contributed by atoms with Crippen LogP contribution in [0.15, 0.2) is 18.2 Å². The molecule has 0 unspecified atom stereocenters. The lowest BCUT2D eigenvalue weighted by molar-refractivity contribution is 0.303. The van der Waals surface area contributed by atoms with Crippen LogP contribution in [0.1, 0.15) is 45.5 Å². The third-order valence-electron chi connectivity index (χ3n) is 3.56. The van der Waals surface area contributed by atoms with Gasteiger partial charge in [-0.1, -0.05) is 17.7 Å². The first-order chi connectivity index (χ1) is 9.67. The van der Waals surface area contributed by atoms with E-state index in [1.54, 1.807) is 11.3 Å². The molecule has 0 aliphatic heterocycles. The van der Waals surface area contributed by atoms with E-state index in [9.17, 15) is 0 Å². The number of thiazole rings is 1. The van der Waals surface area contributed by atoms with Crippen LogP contribution in [0.2, 0.25) is 0 Å². The standard InChI is InChI=1S/C16H19NOS2/c1-10-3-6-13(11(2)7-10)18-8-15-17-16(12-4-5-12)14(9-19)20-15/h3,6-7,12,19H,4-5,8-9H2,1-2H3. The molecule has 0 atom stereocenters. The van der Waals surface area contributed by atoms with Crippen LogP contribution >= 0.6 is 24.0 Å². The van der Waals surface area contributed by atoms with Crippen molar-refractivity contribution in [2.75, 3.05) is 0 Å². The first kappa shape index (κ1) is 14.0. The maximum absolute atomic E-state index is 5.91. The number of aromatic nitrogens is 1. The Morgan fingerprint density at radius 3 is 2.80 bits per heavy atom. The van der Waals surface area contributed by atoms with E-state index >= 15 is 0 Å². The molecule has 0 bridgehead atoms. The summed E-state index contributed by atoms with van der Waals surface area (Å²) < 4.78 is 5.91. The second kappa shape index (κ2) is 5.78. The molecule has 1 aliphatic rings. The van der Waals surface area contributed by atoms with Gasteiger partial charge in [-0.2, -0.15) is 12.6 Å². The Kier molecular flexibility index (Phi) is 4.03. The highest BCUT2D eigenvalue weighted by atomic mass is 32.1. The molecule has 1 saturated carbocycles. The second-order valence-corrected chi connectivity index (χ2v) is 6.89. The summed E-state index contributed by atoms with van der Waals surface area (Å²) >= 11 is 6.15. The summed E-state index contributed by atoms with van der Waals surface area (Å²) in [6.07, 6.45) is 2.56. The molecule has 20 heavy (non-hydrogen) atoms. The first-order valence-electron chi connectivity index (χ1n) is 6.96. The van der Waals surface area contributed by atoms with E-state index in [4.69, 9.17) is 9.72 Å². The summed E-state index contributed by atoms with van der Waals surface area (Å²) in [4.78, 5) is 6.06.